The molecule has 130 valence electrons. The number of likely N-dealkylation sites (N-methyl/N-ethyl adjacent to an activating group) is 1. The minimum Gasteiger partial charge on any atom is -0.351 e. The second kappa shape index (κ2) is 7.06. The molecule has 0 saturated carbocycles. The first kappa shape index (κ1) is 18.7. The summed E-state index contributed by atoms with van der Waals surface area (Å²) in [4.78, 5) is 12.0. The zero-order valence-corrected chi connectivity index (χ0v) is 15.6. The highest BCUT2D eigenvalue weighted by atomic mass is 35.5. The van der Waals surface area contributed by atoms with Gasteiger partial charge in [-0.05, 0) is 18.6 Å². The van der Waals surface area contributed by atoms with Crippen LogP contribution in [-0.4, -0.2) is 57.7 Å². The van der Waals surface area contributed by atoms with E-state index >= 15 is 0 Å². The van der Waals surface area contributed by atoms with Crippen molar-refractivity contribution in [1.82, 2.24) is 9.62 Å². The lowest BCUT2D eigenvalue weighted by molar-refractivity contribution is -0.121. The molecule has 1 aromatic heterocycles. The number of carbonyl (C=O) groups is 1. The first-order valence-corrected chi connectivity index (χ1v) is 11.3. The van der Waals surface area contributed by atoms with Crippen molar-refractivity contribution in [2.24, 2.45) is 0 Å². The molecule has 1 atom stereocenters. The predicted molar refractivity (Wildman–Crippen MR) is 89.0 cm³/mol. The van der Waals surface area contributed by atoms with E-state index in [1.807, 2.05) is 0 Å². The third-order valence-corrected chi connectivity index (χ3v) is 8.80. The Balaban J connectivity index is 2.03. The van der Waals surface area contributed by atoms with Gasteiger partial charge >= 0.3 is 0 Å². The van der Waals surface area contributed by atoms with E-state index in [1.165, 1.54) is 12.1 Å². The minimum absolute atomic E-state index is 0.0431. The van der Waals surface area contributed by atoms with Crippen LogP contribution < -0.4 is 5.32 Å². The number of hydrogen-bond acceptors (Lipinski definition) is 6. The molecule has 7 nitrogen and oxygen atoms in total. The van der Waals surface area contributed by atoms with Crippen LogP contribution in [0.25, 0.3) is 0 Å². The van der Waals surface area contributed by atoms with Gasteiger partial charge in [-0.3, -0.25) is 4.79 Å². The van der Waals surface area contributed by atoms with E-state index in [4.69, 9.17) is 11.6 Å². The van der Waals surface area contributed by atoms with Gasteiger partial charge in [0.15, 0.2) is 9.84 Å². The number of hydrogen-bond donors (Lipinski definition) is 1. The number of carbonyl (C=O) groups excluding carboxylic acids is 1. The van der Waals surface area contributed by atoms with Gasteiger partial charge in [0.25, 0.3) is 10.0 Å². The van der Waals surface area contributed by atoms with Crippen molar-refractivity contribution in [2.75, 3.05) is 24.6 Å². The molecule has 0 aromatic carbocycles. The zero-order chi connectivity index (χ0) is 17.3. The van der Waals surface area contributed by atoms with Crippen LogP contribution in [0, 0.1) is 0 Å². The van der Waals surface area contributed by atoms with Crippen LogP contribution in [0.2, 0.25) is 4.34 Å². The van der Waals surface area contributed by atoms with Gasteiger partial charge < -0.3 is 5.32 Å². The normalized spacial score (nSPS) is 20.7. The first-order chi connectivity index (χ1) is 10.6. The summed E-state index contributed by atoms with van der Waals surface area (Å²) in [6.07, 6.45) is 0.355. The summed E-state index contributed by atoms with van der Waals surface area (Å²) in [5, 5.41) is 2.58. The van der Waals surface area contributed by atoms with Crippen molar-refractivity contribution < 1.29 is 21.6 Å². The lowest BCUT2D eigenvalue weighted by atomic mass is 10.2. The molecule has 2 heterocycles. The van der Waals surface area contributed by atoms with E-state index in [-0.39, 0.29) is 28.8 Å². The Morgan fingerprint density at radius 3 is 2.65 bits per heavy atom. The van der Waals surface area contributed by atoms with Gasteiger partial charge in [0.05, 0.1) is 22.4 Å². The molecule has 0 spiro atoms. The summed E-state index contributed by atoms with van der Waals surface area (Å²) in [5.41, 5.74) is 0. The highest BCUT2D eigenvalue weighted by Crippen LogP contribution is 2.27. The predicted octanol–water partition coefficient (Wildman–Crippen LogP) is 0.715. The van der Waals surface area contributed by atoms with E-state index in [0.29, 0.717) is 10.8 Å². The van der Waals surface area contributed by atoms with Gasteiger partial charge in [0.1, 0.15) is 4.21 Å². The van der Waals surface area contributed by atoms with E-state index in [0.717, 1.165) is 15.6 Å². The van der Waals surface area contributed by atoms with Crippen LogP contribution in [0.4, 0.5) is 0 Å². The number of nitrogens with zero attached hydrogens (tertiary/aromatic N) is 1. The number of rotatable bonds is 6. The van der Waals surface area contributed by atoms with Crippen molar-refractivity contribution in [1.29, 1.82) is 0 Å². The molecule has 1 N–H and O–H groups in total. The van der Waals surface area contributed by atoms with Crippen LogP contribution in [-0.2, 0) is 24.7 Å². The fourth-order valence-corrected chi connectivity index (χ4v) is 6.99. The van der Waals surface area contributed by atoms with Crippen LogP contribution in [0.15, 0.2) is 16.3 Å². The van der Waals surface area contributed by atoms with Crippen LogP contribution in [0.3, 0.4) is 0 Å². The fraction of sp³-hybridized carbons (Fsp3) is 0.583. The summed E-state index contributed by atoms with van der Waals surface area (Å²) in [7, 11) is -6.90. The number of amides is 1. The van der Waals surface area contributed by atoms with Gasteiger partial charge in [-0.1, -0.05) is 18.5 Å². The number of sulfonamides is 1. The SMILES string of the molecule is CCN(CC(=O)NC1CCS(=O)(=O)C1)S(=O)(=O)c1ccc(Cl)s1. The molecule has 2 rings (SSSR count). The first-order valence-electron chi connectivity index (χ1n) is 6.89. The van der Waals surface area contributed by atoms with E-state index < -0.39 is 31.8 Å². The van der Waals surface area contributed by atoms with E-state index in [1.54, 1.807) is 6.92 Å². The summed E-state index contributed by atoms with van der Waals surface area (Å²) in [6, 6.07) is 2.42. The van der Waals surface area contributed by atoms with Crippen molar-refractivity contribution in [3.8, 4) is 0 Å². The maximum absolute atomic E-state index is 12.5. The second-order valence-corrected chi connectivity index (χ2v) is 11.3. The molecule has 1 aromatic rings. The topological polar surface area (TPSA) is 101 Å². The average Bonchev–Trinajstić information content (AvgIpc) is 3.02. The number of nitrogens with one attached hydrogen (secondary N) is 1. The third kappa shape index (κ3) is 4.66. The smallest absolute Gasteiger partial charge is 0.253 e. The second-order valence-electron chi connectivity index (χ2n) is 5.16. The summed E-state index contributed by atoms with van der Waals surface area (Å²) in [5.74, 6) is -0.570. The average molecular weight is 401 g/mol. The van der Waals surface area contributed by atoms with Gasteiger partial charge in [0.2, 0.25) is 5.91 Å². The Morgan fingerprint density at radius 2 is 2.17 bits per heavy atom. The zero-order valence-electron chi connectivity index (χ0n) is 12.4. The molecular formula is C12H17ClN2O5S3. The molecular weight excluding hydrogens is 384 g/mol. The van der Waals surface area contributed by atoms with Gasteiger partial charge in [0, 0.05) is 12.6 Å². The standard InChI is InChI=1S/C12H17ClN2O5S3/c1-2-15(23(19,20)12-4-3-10(13)21-12)7-11(16)14-9-5-6-22(17,18)8-9/h3-4,9H,2,5-8H2,1H3,(H,14,16). The monoisotopic (exact) mass is 400 g/mol. The van der Waals surface area contributed by atoms with Gasteiger partial charge in [-0.25, -0.2) is 16.8 Å². The van der Waals surface area contributed by atoms with E-state index in [9.17, 15) is 21.6 Å². The quantitative estimate of drug-likeness (QED) is 0.758. The molecule has 0 aliphatic carbocycles. The molecule has 1 aliphatic heterocycles. The lowest BCUT2D eigenvalue weighted by Crippen LogP contribution is -2.44. The molecule has 1 fully saturated rings. The van der Waals surface area contributed by atoms with Crippen molar-refractivity contribution >= 4 is 48.7 Å². The van der Waals surface area contributed by atoms with Gasteiger partial charge in [-0.2, -0.15) is 4.31 Å². The largest absolute Gasteiger partial charge is 0.351 e. The highest BCUT2D eigenvalue weighted by molar-refractivity contribution is 7.91. The van der Waals surface area contributed by atoms with Crippen molar-refractivity contribution in [3.05, 3.63) is 16.5 Å². The number of halogens is 1. The molecule has 0 bridgehead atoms. The summed E-state index contributed by atoms with van der Waals surface area (Å²) in [6.45, 7) is 1.39. The Bertz CT molecular complexity index is 787. The molecule has 1 amide bonds. The maximum atomic E-state index is 12.5. The maximum Gasteiger partial charge on any atom is 0.253 e. The van der Waals surface area contributed by atoms with Crippen molar-refractivity contribution in [2.45, 2.75) is 23.6 Å². The molecule has 1 saturated heterocycles. The fourth-order valence-electron chi connectivity index (χ4n) is 2.27. The minimum atomic E-state index is -3.79. The van der Waals surface area contributed by atoms with Gasteiger partial charge in [-0.15, -0.1) is 11.3 Å². The number of sulfone groups is 1. The Hall–Kier alpha value is -0.680. The lowest BCUT2D eigenvalue weighted by Gasteiger charge is -2.20. The van der Waals surface area contributed by atoms with Crippen LogP contribution in [0.5, 0.6) is 0 Å². The number of thiophene rings is 1. The molecule has 0 radical (unpaired) electrons. The van der Waals surface area contributed by atoms with Crippen LogP contribution in [0.1, 0.15) is 13.3 Å². The summed E-state index contributed by atoms with van der Waals surface area (Å²) >= 11 is 6.68. The van der Waals surface area contributed by atoms with Crippen molar-refractivity contribution in [3.63, 3.8) is 0 Å². The molecule has 1 aliphatic rings. The molecule has 1 unspecified atom stereocenters. The van der Waals surface area contributed by atoms with E-state index in [2.05, 4.69) is 5.32 Å². The summed E-state index contributed by atoms with van der Waals surface area (Å²) < 4.78 is 49.1. The third-order valence-electron chi connectivity index (χ3n) is 3.41. The highest BCUT2D eigenvalue weighted by Gasteiger charge is 2.31. The Kier molecular flexibility index (Phi) is 5.72. The van der Waals surface area contributed by atoms with Crippen LogP contribution >= 0.6 is 22.9 Å². The molecule has 23 heavy (non-hydrogen) atoms. The Labute approximate surface area is 144 Å². The Morgan fingerprint density at radius 1 is 1.48 bits per heavy atom. The molecule has 11 heteroatoms.